The monoisotopic (exact) mass is 276 g/mol. The Morgan fingerprint density at radius 2 is 1.80 bits per heavy atom. The van der Waals surface area contributed by atoms with Crippen LogP contribution in [0.3, 0.4) is 0 Å². The molecule has 6 nitrogen and oxygen atoms in total. The lowest BCUT2D eigenvalue weighted by molar-refractivity contribution is 0.480. The van der Waals surface area contributed by atoms with E-state index >= 15 is 0 Å². The maximum absolute atomic E-state index is 5.83. The van der Waals surface area contributed by atoms with E-state index < -0.39 is 0 Å². The number of anilines is 3. The van der Waals surface area contributed by atoms with E-state index in [9.17, 15) is 0 Å². The molecule has 3 rings (SSSR count). The van der Waals surface area contributed by atoms with E-state index in [0.717, 1.165) is 25.0 Å². The Kier molecular flexibility index (Phi) is 3.89. The molecule has 0 bridgehead atoms. The van der Waals surface area contributed by atoms with Crippen molar-refractivity contribution < 1.29 is 0 Å². The van der Waals surface area contributed by atoms with Gasteiger partial charge in [0.2, 0.25) is 17.8 Å². The quantitative estimate of drug-likeness (QED) is 0.876. The molecule has 0 aromatic carbocycles. The van der Waals surface area contributed by atoms with Gasteiger partial charge in [0.25, 0.3) is 0 Å². The van der Waals surface area contributed by atoms with Crippen molar-refractivity contribution in [3.05, 3.63) is 0 Å². The smallest absolute Gasteiger partial charge is 0.231 e. The van der Waals surface area contributed by atoms with Crippen LogP contribution in [0.2, 0.25) is 0 Å². The van der Waals surface area contributed by atoms with Gasteiger partial charge in [-0.3, -0.25) is 0 Å². The van der Waals surface area contributed by atoms with Crippen LogP contribution < -0.4 is 16.0 Å². The van der Waals surface area contributed by atoms with Crippen LogP contribution in [0.15, 0.2) is 0 Å². The molecular formula is C14H24N6. The van der Waals surface area contributed by atoms with E-state index in [2.05, 4.69) is 32.1 Å². The maximum atomic E-state index is 5.83. The summed E-state index contributed by atoms with van der Waals surface area (Å²) >= 11 is 0. The Bertz CT molecular complexity index is 451. The van der Waals surface area contributed by atoms with Gasteiger partial charge < -0.3 is 16.0 Å². The molecule has 1 atom stereocenters. The second-order valence-corrected chi connectivity index (χ2v) is 5.99. The van der Waals surface area contributed by atoms with Gasteiger partial charge in [0.05, 0.1) is 0 Å². The van der Waals surface area contributed by atoms with Crippen molar-refractivity contribution >= 4 is 17.8 Å². The second-order valence-electron chi connectivity index (χ2n) is 5.99. The molecule has 2 fully saturated rings. The summed E-state index contributed by atoms with van der Waals surface area (Å²) in [5.74, 6) is 2.38. The second kappa shape index (κ2) is 5.81. The largest absolute Gasteiger partial charge is 0.368 e. The summed E-state index contributed by atoms with van der Waals surface area (Å²) in [5.41, 5.74) is 5.83. The van der Waals surface area contributed by atoms with Crippen molar-refractivity contribution in [3.8, 4) is 0 Å². The summed E-state index contributed by atoms with van der Waals surface area (Å²) in [6, 6.07) is 0.394. The number of aromatic nitrogens is 3. The van der Waals surface area contributed by atoms with Gasteiger partial charge in [0.15, 0.2) is 0 Å². The van der Waals surface area contributed by atoms with Gasteiger partial charge >= 0.3 is 0 Å². The van der Waals surface area contributed by atoms with Crippen LogP contribution in [0.4, 0.5) is 17.8 Å². The molecule has 3 N–H and O–H groups in total. The first kappa shape index (κ1) is 13.4. The van der Waals surface area contributed by atoms with Gasteiger partial charge in [0.1, 0.15) is 0 Å². The number of nitrogens with one attached hydrogen (secondary N) is 1. The van der Waals surface area contributed by atoms with Crippen molar-refractivity contribution in [2.75, 3.05) is 29.0 Å². The van der Waals surface area contributed by atoms with Gasteiger partial charge in [-0.25, -0.2) is 0 Å². The fourth-order valence-corrected chi connectivity index (χ4v) is 3.28. The summed E-state index contributed by atoms with van der Waals surface area (Å²) in [5, 5.41) is 3.42. The fourth-order valence-electron chi connectivity index (χ4n) is 3.28. The van der Waals surface area contributed by atoms with Gasteiger partial charge in [-0.05, 0) is 38.5 Å². The molecule has 1 aromatic rings. The van der Waals surface area contributed by atoms with E-state index in [1.165, 1.54) is 38.5 Å². The summed E-state index contributed by atoms with van der Waals surface area (Å²) in [4.78, 5) is 15.2. The van der Waals surface area contributed by atoms with Crippen molar-refractivity contribution in [1.29, 1.82) is 0 Å². The van der Waals surface area contributed by atoms with Crippen molar-refractivity contribution in [1.82, 2.24) is 15.0 Å². The topological polar surface area (TPSA) is 80.0 Å². The number of nitrogens with zero attached hydrogens (tertiary/aromatic N) is 4. The Hall–Kier alpha value is -1.59. The average Bonchev–Trinajstić information content (AvgIpc) is 3.12. The number of hydrogen-bond acceptors (Lipinski definition) is 6. The van der Waals surface area contributed by atoms with Crippen molar-refractivity contribution in [3.63, 3.8) is 0 Å². The fraction of sp³-hybridized carbons (Fsp3) is 0.786. The van der Waals surface area contributed by atoms with E-state index in [1.54, 1.807) is 0 Å². The molecule has 1 saturated carbocycles. The van der Waals surface area contributed by atoms with Gasteiger partial charge in [-0.15, -0.1) is 0 Å². The third-order valence-electron chi connectivity index (χ3n) is 4.49. The van der Waals surface area contributed by atoms with Gasteiger partial charge in [-0.1, -0.05) is 12.8 Å². The summed E-state index contributed by atoms with van der Waals surface area (Å²) in [7, 11) is 0. The zero-order chi connectivity index (χ0) is 13.9. The first-order chi connectivity index (χ1) is 9.72. The van der Waals surface area contributed by atoms with Crippen LogP contribution in [0, 0.1) is 5.92 Å². The van der Waals surface area contributed by atoms with Crippen LogP contribution in [0.1, 0.15) is 45.4 Å². The van der Waals surface area contributed by atoms with Crippen LogP contribution >= 0.6 is 0 Å². The minimum Gasteiger partial charge on any atom is -0.368 e. The zero-order valence-corrected chi connectivity index (χ0v) is 12.2. The highest BCUT2D eigenvalue weighted by molar-refractivity contribution is 5.42. The number of nitrogens with two attached hydrogens (primary N) is 1. The Morgan fingerprint density at radius 3 is 2.50 bits per heavy atom. The lowest BCUT2D eigenvalue weighted by Crippen LogP contribution is -2.27. The molecule has 6 heteroatoms. The highest BCUT2D eigenvalue weighted by Gasteiger charge is 2.23. The SMILES string of the molecule is CC(Nc1nc(N)nc(N2CCCC2)n1)C1CCCC1. The molecular weight excluding hydrogens is 252 g/mol. The molecule has 2 heterocycles. The van der Waals surface area contributed by atoms with Gasteiger partial charge in [-0.2, -0.15) is 15.0 Å². The van der Waals surface area contributed by atoms with Crippen LogP contribution in [0.5, 0.6) is 0 Å². The van der Waals surface area contributed by atoms with Crippen LogP contribution in [-0.2, 0) is 0 Å². The number of hydrogen-bond donors (Lipinski definition) is 2. The average molecular weight is 276 g/mol. The van der Waals surface area contributed by atoms with Gasteiger partial charge in [0, 0.05) is 19.1 Å². The molecule has 2 aliphatic rings. The molecule has 1 unspecified atom stereocenters. The highest BCUT2D eigenvalue weighted by Crippen LogP contribution is 2.29. The Balaban J connectivity index is 1.71. The predicted molar refractivity (Wildman–Crippen MR) is 80.7 cm³/mol. The number of rotatable bonds is 4. The lowest BCUT2D eigenvalue weighted by Gasteiger charge is -2.21. The van der Waals surface area contributed by atoms with Crippen molar-refractivity contribution in [2.45, 2.75) is 51.5 Å². The Labute approximate surface area is 120 Å². The lowest BCUT2D eigenvalue weighted by atomic mass is 10.0. The molecule has 1 aliphatic heterocycles. The molecule has 1 aliphatic carbocycles. The molecule has 110 valence electrons. The molecule has 1 saturated heterocycles. The molecule has 1 aromatic heterocycles. The minimum atomic E-state index is 0.308. The summed E-state index contributed by atoms with van der Waals surface area (Å²) < 4.78 is 0. The first-order valence-corrected chi connectivity index (χ1v) is 7.75. The van der Waals surface area contributed by atoms with E-state index in [4.69, 9.17) is 5.73 Å². The molecule has 20 heavy (non-hydrogen) atoms. The number of nitrogen functional groups attached to an aromatic ring is 1. The zero-order valence-electron chi connectivity index (χ0n) is 12.2. The first-order valence-electron chi connectivity index (χ1n) is 7.75. The maximum Gasteiger partial charge on any atom is 0.231 e. The third kappa shape index (κ3) is 2.94. The molecule has 0 radical (unpaired) electrons. The standard InChI is InChI=1S/C14H24N6/c1-10(11-6-2-3-7-11)16-13-17-12(15)18-14(19-13)20-8-4-5-9-20/h10-11H,2-9H2,1H3,(H3,15,16,17,18,19). The van der Waals surface area contributed by atoms with E-state index in [-0.39, 0.29) is 0 Å². The van der Waals surface area contributed by atoms with Crippen LogP contribution in [-0.4, -0.2) is 34.1 Å². The van der Waals surface area contributed by atoms with E-state index in [0.29, 0.717) is 17.9 Å². The minimum absolute atomic E-state index is 0.308. The summed E-state index contributed by atoms with van der Waals surface area (Å²) in [6.45, 7) is 4.24. The highest BCUT2D eigenvalue weighted by atomic mass is 15.3. The molecule has 0 amide bonds. The molecule has 0 spiro atoms. The van der Waals surface area contributed by atoms with E-state index in [1.807, 2.05) is 0 Å². The normalized spacial score (nSPS) is 21.4. The third-order valence-corrected chi connectivity index (χ3v) is 4.49. The van der Waals surface area contributed by atoms with Crippen molar-refractivity contribution in [2.24, 2.45) is 5.92 Å². The Morgan fingerprint density at radius 1 is 1.10 bits per heavy atom. The summed E-state index contributed by atoms with van der Waals surface area (Å²) in [6.07, 6.45) is 7.69. The predicted octanol–water partition coefficient (Wildman–Crippen LogP) is 2.04. The van der Waals surface area contributed by atoms with Crippen LogP contribution in [0.25, 0.3) is 0 Å².